The minimum atomic E-state index is -3.52. The summed E-state index contributed by atoms with van der Waals surface area (Å²) in [6.45, 7) is 8.47. The van der Waals surface area contributed by atoms with Crippen LogP contribution in [0.4, 0.5) is 0 Å². The van der Waals surface area contributed by atoms with Gasteiger partial charge in [-0.15, -0.1) is 0 Å². The van der Waals surface area contributed by atoms with E-state index in [1.807, 2.05) is 24.3 Å². The lowest BCUT2D eigenvalue weighted by atomic mass is 9.94. The third-order valence-corrected chi connectivity index (χ3v) is 7.91. The molecule has 2 saturated heterocycles. The van der Waals surface area contributed by atoms with Gasteiger partial charge in [-0.2, -0.15) is 4.31 Å². The van der Waals surface area contributed by atoms with E-state index in [1.165, 1.54) is 0 Å². The molecule has 2 fully saturated rings. The quantitative estimate of drug-likeness (QED) is 0.831. The average molecular weight is 416 g/mol. The summed E-state index contributed by atoms with van der Waals surface area (Å²) in [5, 5.41) is 10.1. The molecule has 2 aliphatic heterocycles. The van der Waals surface area contributed by atoms with E-state index in [-0.39, 0.29) is 11.6 Å². The molecule has 2 aromatic carbocycles. The smallest absolute Gasteiger partial charge is 0.243 e. The molecule has 2 aliphatic rings. The standard InChI is InChI=1S/C22H29N3O3S/c1-22(2)17-24(29(27,28)20-9-4-3-5-10-20)16-19-15-23(12-13-25(19)22)14-18-8-6-7-11-21(18)26/h3-11,19,26H,12-17H2,1-2H3/t19-/m0/s1. The molecule has 2 heterocycles. The number of phenolic OH excluding ortho intramolecular Hbond substituents is 1. The van der Waals surface area contributed by atoms with Crippen molar-refractivity contribution < 1.29 is 13.5 Å². The molecule has 0 unspecified atom stereocenters. The number of sulfonamides is 1. The second-order valence-electron chi connectivity index (χ2n) is 8.63. The second-order valence-corrected chi connectivity index (χ2v) is 10.6. The third-order valence-electron chi connectivity index (χ3n) is 6.09. The summed E-state index contributed by atoms with van der Waals surface area (Å²) < 4.78 is 28.1. The highest BCUT2D eigenvalue weighted by Crippen LogP contribution is 2.32. The minimum Gasteiger partial charge on any atom is -0.508 e. The number of benzene rings is 2. The van der Waals surface area contributed by atoms with Crippen molar-refractivity contribution in [3.63, 3.8) is 0 Å². The monoisotopic (exact) mass is 415 g/mol. The van der Waals surface area contributed by atoms with E-state index < -0.39 is 10.0 Å². The fraction of sp³-hybridized carbons (Fsp3) is 0.455. The summed E-state index contributed by atoms with van der Waals surface area (Å²) in [5.74, 6) is 0.312. The first kappa shape index (κ1) is 20.3. The highest BCUT2D eigenvalue weighted by Gasteiger charge is 2.45. The third kappa shape index (κ3) is 4.05. The first-order valence-electron chi connectivity index (χ1n) is 10.1. The summed E-state index contributed by atoms with van der Waals surface area (Å²) in [6.07, 6.45) is 0. The topological polar surface area (TPSA) is 64.1 Å². The Labute approximate surface area is 173 Å². The fourth-order valence-electron chi connectivity index (χ4n) is 4.65. The maximum atomic E-state index is 13.2. The Balaban J connectivity index is 1.54. The maximum absolute atomic E-state index is 13.2. The Morgan fingerprint density at radius 2 is 1.69 bits per heavy atom. The highest BCUT2D eigenvalue weighted by atomic mass is 32.2. The lowest BCUT2D eigenvalue weighted by molar-refractivity contribution is -0.0451. The molecular weight excluding hydrogens is 386 g/mol. The molecule has 6 nitrogen and oxygen atoms in total. The molecule has 0 aliphatic carbocycles. The molecular formula is C22H29N3O3S. The number of rotatable bonds is 4. The lowest BCUT2D eigenvalue weighted by Crippen LogP contribution is -2.70. The Morgan fingerprint density at radius 3 is 2.41 bits per heavy atom. The van der Waals surface area contributed by atoms with Crippen LogP contribution < -0.4 is 0 Å². The van der Waals surface area contributed by atoms with Crippen LogP contribution in [0.3, 0.4) is 0 Å². The van der Waals surface area contributed by atoms with E-state index in [9.17, 15) is 13.5 Å². The average Bonchev–Trinajstić information content (AvgIpc) is 2.69. The normalized spacial score (nSPS) is 23.6. The van der Waals surface area contributed by atoms with Crippen LogP contribution in [-0.2, 0) is 16.6 Å². The first-order chi connectivity index (χ1) is 13.8. The number of hydrogen-bond acceptors (Lipinski definition) is 5. The zero-order valence-corrected chi connectivity index (χ0v) is 17.8. The molecule has 0 amide bonds. The van der Waals surface area contributed by atoms with Crippen molar-refractivity contribution in [3.05, 3.63) is 60.2 Å². The van der Waals surface area contributed by atoms with Gasteiger partial charge in [0.1, 0.15) is 5.75 Å². The van der Waals surface area contributed by atoms with Crippen LogP contribution in [0.1, 0.15) is 19.4 Å². The summed E-state index contributed by atoms with van der Waals surface area (Å²) in [4.78, 5) is 5.11. The van der Waals surface area contributed by atoms with Crippen LogP contribution in [-0.4, -0.2) is 71.9 Å². The Bertz CT molecular complexity index is 962. The predicted octanol–water partition coefficient (Wildman–Crippen LogP) is 2.36. The van der Waals surface area contributed by atoms with Crippen LogP contribution >= 0.6 is 0 Å². The molecule has 7 heteroatoms. The number of nitrogens with zero attached hydrogens (tertiary/aromatic N) is 3. The Kier molecular flexibility index (Phi) is 5.42. The van der Waals surface area contributed by atoms with E-state index >= 15 is 0 Å². The second kappa shape index (κ2) is 7.72. The maximum Gasteiger partial charge on any atom is 0.243 e. The van der Waals surface area contributed by atoms with Crippen molar-refractivity contribution in [3.8, 4) is 5.75 Å². The zero-order chi connectivity index (χ0) is 20.6. The molecule has 4 rings (SSSR count). The van der Waals surface area contributed by atoms with Crippen LogP contribution in [0.25, 0.3) is 0 Å². The van der Waals surface area contributed by atoms with Gasteiger partial charge in [0.15, 0.2) is 0 Å². The van der Waals surface area contributed by atoms with Gasteiger partial charge in [-0.3, -0.25) is 9.80 Å². The Morgan fingerprint density at radius 1 is 1.00 bits per heavy atom. The van der Waals surface area contributed by atoms with Gasteiger partial charge < -0.3 is 5.11 Å². The van der Waals surface area contributed by atoms with E-state index in [0.717, 1.165) is 25.2 Å². The summed E-state index contributed by atoms with van der Waals surface area (Å²) >= 11 is 0. The van der Waals surface area contributed by atoms with Gasteiger partial charge in [0, 0.05) is 56.4 Å². The van der Waals surface area contributed by atoms with Crippen molar-refractivity contribution in [1.82, 2.24) is 14.1 Å². The summed E-state index contributed by atoms with van der Waals surface area (Å²) in [6, 6.07) is 16.2. The van der Waals surface area contributed by atoms with Crippen LogP contribution in [0.5, 0.6) is 5.75 Å². The van der Waals surface area contributed by atoms with E-state index in [0.29, 0.717) is 30.3 Å². The van der Waals surface area contributed by atoms with Crippen molar-refractivity contribution in [2.24, 2.45) is 0 Å². The van der Waals surface area contributed by atoms with Crippen LogP contribution in [0.15, 0.2) is 59.5 Å². The highest BCUT2D eigenvalue weighted by molar-refractivity contribution is 7.89. The molecule has 2 aromatic rings. The van der Waals surface area contributed by atoms with Crippen LogP contribution in [0.2, 0.25) is 0 Å². The molecule has 0 saturated carbocycles. The van der Waals surface area contributed by atoms with Gasteiger partial charge >= 0.3 is 0 Å². The van der Waals surface area contributed by atoms with Crippen molar-refractivity contribution in [2.75, 3.05) is 32.7 Å². The number of phenols is 1. The first-order valence-corrected chi connectivity index (χ1v) is 11.5. The van der Waals surface area contributed by atoms with Crippen molar-refractivity contribution in [2.45, 2.75) is 36.9 Å². The number of piperazine rings is 2. The minimum absolute atomic E-state index is 0.122. The zero-order valence-electron chi connectivity index (χ0n) is 17.0. The Hall–Kier alpha value is -1.93. The summed E-state index contributed by atoms with van der Waals surface area (Å²) in [7, 11) is -3.52. The van der Waals surface area contributed by atoms with Gasteiger partial charge in [-0.1, -0.05) is 36.4 Å². The van der Waals surface area contributed by atoms with Crippen LogP contribution in [0, 0.1) is 0 Å². The van der Waals surface area contributed by atoms with E-state index in [2.05, 4.69) is 23.6 Å². The number of fused-ring (bicyclic) bond motifs is 1. The number of aromatic hydroxyl groups is 1. The largest absolute Gasteiger partial charge is 0.508 e. The van der Waals surface area contributed by atoms with Crippen molar-refractivity contribution >= 4 is 10.0 Å². The van der Waals surface area contributed by atoms with Gasteiger partial charge in [-0.25, -0.2) is 8.42 Å². The molecule has 29 heavy (non-hydrogen) atoms. The van der Waals surface area contributed by atoms with Gasteiger partial charge in [0.25, 0.3) is 0 Å². The fourth-order valence-corrected chi connectivity index (χ4v) is 6.30. The molecule has 0 radical (unpaired) electrons. The summed E-state index contributed by atoms with van der Waals surface area (Å²) in [5.41, 5.74) is 0.677. The van der Waals surface area contributed by atoms with Crippen molar-refractivity contribution in [1.29, 1.82) is 0 Å². The number of hydrogen-bond donors (Lipinski definition) is 1. The van der Waals surface area contributed by atoms with Gasteiger partial charge in [0.2, 0.25) is 10.0 Å². The van der Waals surface area contributed by atoms with Gasteiger partial charge in [-0.05, 0) is 32.0 Å². The molecule has 156 valence electrons. The lowest BCUT2D eigenvalue weighted by Gasteiger charge is -2.55. The SMILES string of the molecule is CC1(C)CN(S(=O)(=O)c2ccccc2)C[C@@H]2CN(Cc3ccccc3O)CCN21. The molecule has 0 spiro atoms. The van der Waals surface area contributed by atoms with E-state index in [4.69, 9.17) is 0 Å². The molecule has 1 N–H and O–H groups in total. The predicted molar refractivity (Wildman–Crippen MR) is 113 cm³/mol. The molecule has 0 aromatic heterocycles. The number of para-hydroxylation sites is 1. The molecule has 1 atom stereocenters. The molecule has 0 bridgehead atoms. The van der Waals surface area contributed by atoms with Gasteiger partial charge in [0.05, 0.1) is 4.90 Å². The van der Waals surface area contributed by atoms with E-state index in [1.54, 1.807) is 34.6 Å².